The average molecular weight is 279 g/mol. The molecule has 3 nitrogen and oxygen atoms in total. The lowest BCUT2D eigenvalue weighted by atomic mass is 9.83. The number of rotatable bonds is 5. The number of carbonyl (C=O) groups is 1. The molecule has 2 aliphatic rings. The molecule has 1 atom stereocenters. The lowest BCUT2D eigenvalue weighted by molar-refractivity contribution is -0.126. The van der Waals surface area contributed by atoms with Gasteiger partial charge in [0.15, 0.2) is 0 Å². The van der Waals surface area contributed by atoms with E-state index in [1.54, 1.807) is 0 Å². The van der Waals surface area contributed by atoms with Gasteiger partial charge in [0.1, 0.15) is 0 Å². The molecule has 0 aromatic carbocycles. The van der Waals surface area contributed by atoms with Gasteiger partial charge >= 0.3 is 0 Å². The molecule has 0 bridgehead atoms. The number of hydrogen-bond donors (Lipinski definition) is 0. The molecule has 114 valence electrons. The van der Waals surface area contributed by atoms with Gasteiger partial charge in [-0.15, -0.1) is 0 Å². The Labute approximate surface area is 123 Å². The number of likely N-dealkylation sites (N-methyl/N-ethyl adjacent to an activating group) is 1. The van der Waals surface area contributed by atoms with Crippen molar-refractivity contribution >= 4 is 5.91 Å². The SMILES string of the molecule is CCN(CC1CCOC1)C(=O)/C=C/C1CCC(C)CC1. The minimum atomic E-state index is 0.179. The maximum atomic E-state index is 12.3. The highest BCUT2D eigenvalue weighted by molar-refractivity contribution is 5.87. The lowest BCUT2D eigenvalue weighted by Gasteiger charge is -2.25. The summed E-state index contributed by atoms with van der Waals surface area (Å²) in [5.41, 5.74) is 0. The third-order valence-corrected chi connectivity index (χ3v) is 4.77. The largest absolute Gasteiger partial charge is 0.381 e. The fourth-order valence-electron chi connectivity index (χ4n) is 3.22. The number of nitrogens with zero attached hydrogens (tertiary/aromatic N) is 1. The van der Waals surface area contributed by atoms with E-state index in [0.29, 0.717) is 11.8 Å². The minimum Gasteiger partial charge on any atom is -0.381 e. The van der Waals surface area contributed by atoms with Crippen molar-refractivity contribution in [3.8, 4) is 0 Å². The van der Waals surface area contributed by atoms with Crippen molar-refractivity contribution in [2.24, 2.45) is 17.8 Å². The molecule has 1 saturated carbocycles. The van der Waals surface area contributed by atoms with E-state index in [0.717, 1.165) is 38.6 Å². The molecular formula is C17H29NO2. The van der Waals surface area contributed by atoms with E-state index < -0.39 is 0 Å². The zero-order valence-corrected chi connectivity index (χ0v) is 13.0. The van der Waals surface area contributed by atoms with Crippen LogP contribution in [-0.2, 0) is 9.53 Å². The van der Waals surface area contributed by atoms with Crippen LogP contribution in [0.3, 0.4) is 0 Å². The van der Waals surface area contributed by atoms with Crippen LogP contribution in [0.4, 0.5) is 0 Å². The fraction of sp³-hybridized carbons (Fsp3) is 0.824. The monoisotopic (exact) mass is 279 g/mol. The maximum Gasteiger partial charge on any atom is 0.246 e. The van der Waals surface area contributed by atoms with Gasteiger partial charge in [-0.1, -0.05) is 25.8 Å². The Bertz CT molecular complexity index is 326. The third-order valence-electron chi connectivity index (χ3n) is 4.77. The summed E-state index contributed by atoms with van der Waals surface area (Å²) in [6.07, 6.45) is 10.2. The van der Waals surface area contributed by atoms with Gasteiger partial charge in [-0.3, -0.25) is 4.79 Å². The second-order valence-electron chi connectivity index (χ2n) is 6.49. The average Bonchev–Trinajstić information content (AvgIpc) is 2.97. The van der Waals surface area contributed by atoms with Crippen LogP contribution in [0.1, 0.15) is 46.0 Å². The van der Waals surface area contributed by atoms with E-state index in [2.05, 4.69) is 19.9 Å². The first-order valence-corrected chi connectivity index (χ1v) is 8.24. The molecule has 1 saturated heterocycles. The molecule has 1 unspecified atom stereocenters. The maximum absolute atomic E-state index is 12.3. The van der Waals surface area contributed by atoms with Crippen molar-refractivity contribution in [3.63, 3.8) is 0 Å². The van der Waals surface area contributed by atoms with Crippen molar-refractivity contribution in [2.75, 3.05) is 26.3 Å². The normalized spacial score (nSPS) is 30.8. The highest BCUT2D eigenvalue weighted by Gasteiger charge is 2.21. The van der Waals surface area contributed by atoms with E-state index >= 15 is 0 Å². The van der Waals surface area contributed by atoms with Crippen molar-refractivity contribution in [1.82, 2.24) is 4.90 Å². The first kappa shape index (κ1) is 15.6. The number of amides is 1. The summed E-state index contributed by atoms with van der Waals surface area (Å²) >= 11 is 0. The molecule has 2 fully saturated rings. The van der Waals surface area contributed by atoms with Crippen LogP contribution in [0.5, 0.6) is 0 Å². The van der Waals surface area contributed by atoms with E-state index in [-0.39, 0.29) is 5.91 Å². The van der Waals surface area contributed by atoms with Crippen molar-refractivity contribution in [2.45, 2.75) is 46.0 Å². The zero-order valence-electron chi connectivity index (χ0n) is 13.0. The first-order chi connectivity index (χ1) is 9.69. The van der Waals surface area contributed by atoms with Crippen molar-refractivity contribution in [1.29, 1.82) is 0 Å². The molecule has 0 radical (unpaired) electrons. The Morgan fingerprint density at radius 2 is 2.00 bits per heavy atom. The molecule has 1 aliphatic carbocycles. The van der Waals surface area contributed by atoms with Gasteiger partial charge in [0.05, 0.1) is 6.61 Å². The van der Waals surface area contributed by atoms with Crippen LogP contribution < -0.4 is 0 Å². The number of allylic oxidation sites excluding steroid dienone is 1. The van der Waals surface area contributed by atoms with E-state index in [1.165, 1.54) is 25.7 Å². The van der Waals surface area contributed by atoms with Gasteiger partial charge in [-0.05, 0) is 44.1 Å². The van der Waals surface area contributed by atoms with Gasteiger partial charge < -0.3 is 9.64 Å². The highest BCUT2D eigenvalue weighted by Crippen LogP contribution is 2.29. The second-order valence-corrected chi connectivity index (χ2v) is 6.49. The highest BCUT2D eigenvalue weighted by atomic mass is 16.5. The standard InChI is InChI=1S/C17H29NO2/c1-3-18(12-16-10-11-20-13-16)17(19)9-8-15-6-4-14(2)5-7-15/h8-9,14-16H,3-7,10-13H2,1-2H3/b9-8+. The Hall–Kier alpha value is -0.830. The van der Waals surface area contributed by atoms with Crippen LogP contribution in [0, 0.1) is 17.8 Å². The summed E-state index contributed by atoms with van der Waals surface area (Å²) in [4.78, 5) is 14.2. The van der Waals surface area contributed by atoms with Crippen LogP contribution in [-0.4, -0.2) is 37.1 Å². The molecule has 1 aliphatic heterocycles. The van der Waals surface area contributed by atoms with Crippen molar-refractivity contribution in [3.05, 3.63) is 12.2 Å². The Morgan fingerprint density at radius 3 is 2.60 bits per heavy atom. The quantitative estimate of drug-likeness (QED) is 0.723. The molecule has 0 aromatic rings. The van der Waals surface area contributed by atoms with Crippen LogP contribution in [0.25, 0.3) is 0 Å². The summed E-state index contributed by atoms with van der Waals surface area (Å²) in [6, 6.07) is 0. The molecule has 0 aromatic heterocycles. The van der Waals surface area contributed by atoms with E-state index in [4.69, 9.17) is 4.74 Å². The first-order valence-electron chi connectivity index (χ1n) is 8.24. The topological polar surface area (TPSA) is 29.5 Å². The Kier molecular flexibility index (Phi) is 6.08. The van der Waals surface area contributed by atoms with Crippen LogP contribution in [0.15, 0.2) is 12.2 Å². The molecule has 0 spiro atoms. The minimum absolute atomic E-state index is 0.179. The van der Waals surface area contributed by atoms with Crippen molar-refractivity contribution < 1.29 is 9.53 Å². The number of ether oxygens (including phenoxy) is 1. The molecule has 1 amide bonds. The molecule has 3 heteroatoms. The van der Waals surface area contributed by atoms with Gasteiger partial charge in [-0.25, -0.2) is 0 Å². The molecule has 2 rings (SSSR count). The predicted octanol–water partition coefficient (Wildman–Crippen LogP) is 3.25. The predicted molar refractivity (Wildman–Crippen MR) is 81.4 cm³/mol. The van der Waals surface area contributed by atoms with Gasteiger partial charge in [-0.2, -0.15) is 0 Å². The van der Waals surface area contributed by atoms with Gasteiger partial charge in [0.2, 0.25) is 5.91 Å². The summed E-state index contributed by atoms with van der Waals surface area (Å²) in [5, 5.41) is 0. The van der Waals surface area contributed by atoms with Crippen LogP contribution >= 0.6 is 0 Å². The summed E-state index contributed by atoms with van der Waals surface area (Å²) in [7, 11) is 0. The zero-order chi connectivity index (χ0) is 14.4. The Balaban J connectivity index is 1.78. The molecule has 1 heterocycles. The number of carbonyl (C=O) groups excluding carboxylic acids is 1. The fourth-order valence-corrected chi connectivity index (χ4v) is 3.22. The summed E-state index contributed by atoms with van der Waals surface area (Å²) in [6.45, 7) is 7.70. The number of hydrogen-bond acceptors (Lipinski definition) is 2. The van der Waals surface area contributed by atoms with E-state index in [1.807, 2.05) is 11.0 Å². The molecule has 20 heavy (non-hydrogen) atoms. The lowest BCUT2D eigenvalue weighted by Crippen LogP contribution is -2.34. The second kappa shape index (κ2) is 7.82. The Morgan fingerprint density at radius 1 is 1.25 bits per heavy atom. The third kappa shape index (κ3) is 4.62. The van der Waals surface area contributed by atoms with Gasteiger partial charge in [0.25, 0.3) is 0 Å². The van der Waals surface area contributed by atoms with Gasteiger partial charge in [0, 0.05) is 25.6 Å². The smallest absolute Gasteiger partial charge is 0.246 e. The van der Waals surface area contributed by atoms with Crippen LogP contribution in [0.2, 0.25) is 0 Å². The molecular weight excluding hydrogens is 250 g/mol. The van der Waals surface area contributed by atoms with E-state index in [9.17, 15) is 4.79 Å². The molecule has 0 N–H and O–H groups in total. The summed E-state index contributed by atoms with van der Waals surface area (Å²) in [5.74, 6) is 2.19. The summed E-state index contributed by atoms with van der Waals surface area (Å²) < 4.78 is 5.39.